The third kappa shape index (κ3) is 1.95. The van der Waals surface area contributed by atoms with Crippen molar-refractivity contribution in [3.05, 3.63) is 5.69 Å². The summed E-state index contributed by atoms with van der Waals surface area (Å²) < 4.78 is 4.42. The van der Waals surface area contributed by atoms with Crippen molar-refractivity contribution in [2.24, 2.45) is 0 Å². The largest absolute Gasteiger partial charge is 0.335 e. The van der Waals surface area contributed by atoms with Crippen LogP contribution in [0.4, 0.5) is 10.6 Å². The fraction of sp³-hybridized carbons (Fsp3) is 0.571. The molecule has 1 aliphatic carbocycles. The molecule has 0 spiro atoms. The molecule has 0 radical (unpaired) electrons. The standard InChI is InChI=1S/C7H10N4O2/c1-4-6(11-13-10-4)9-7(12)8-5-2-3-5/h5H,2-3H2,1H3,(H2,8,9,11,12). The minimum absolute atomic E-state index is 0.249. The molecule has 1 aromatic rings. The van der Waals surface area contributed by atoms with Crippen LogP contribution < -0.4 is 10.6 Å². The van der Waals surface area contributed by atoms with E-state index in [4.69, 9.17) is 0 Å². The average molecular weight is 182 g/mol. The van der Waals surface area contributed by atoms with Crippen molar-refractivity contribution in [3.8, 4) is 0 Å². The van der Waals surface area contributed by atoms with Crippen molar-refractivity contribution >= 4 is 11.8 Å². The number of hydrogen-bond donors (Lipinski definition) is 2. The summed E-state index contributed by atoms with van der Waals surface area (Å²) in [5.74, 6) is 0.373. The number of aryl methyl sites for hydroxylation is 1. The van der Waals surface area contributed by atoms with Crippen molar-refractivity contribution in [1.29, 1.82) is 0 Å². The maximum absolute atomic E-state index is 11.2. The van der Waals surface area contributed by atoms with Gasteiger partial charge in [-0.25, -0.2) is 9.42 Å². The van der Waals surface area contributed by atoms with Gasteiger partial charge in [0, 0.05) is 6.04 Å². The molecule has 2 rings (SSSR count). The van der Waals surface area contributed by atoms with Crippen LogP contribution in [0.25, 0.3) is 0 Å². The topological polar surface area (TPSA) is 80.1 Å². The van der Waals surface area contributed by atoms with E-state index in [0.29, 0.717) is 17.6 Å². The van der Waals surface area contributed by atoms with Crippen molar-refractivity contribution in [3.63, 3.8) is 0 Å². The first-order valence-electron chi connectivity index (χ1n) is 4.12. The number of carbonyl (C=O) groups is 1. The van der Waals surface area contributed by atoms with Crippen LogP contribution in [0.1, 0.15) is 18.5 Å². The molecule has 1 aromatic heterocycles. The lowest BCUT2D eigenvalue weighted by molar-refractivity contribution is 0.251. The number of nitrogens with zero attached hydrogens (tertiary/aromatic N) is 2. The molecule has 0 aliphatic heterocycles. The maximum atomic E-state index is 11.2. The average Bonchev–Trinajstić information content (AvgIpc) is 2.79. The second-order valence-corrected chi connectivity index (χ2v) is 3.07. The van der Waals surface area contributed by atoms with E-state index in [2.05, 4.69) is 25.6 Å². The molecular formula is C7H10N4O2. The lowest BCUT2D eigenvalue weighted by Gasteiger charge is -2.02. The first-order valence-corrected chi connectivity index (χ1v) is 4.12. The van der Waals surface area contributed by atoms with Gasteiger partial charge < -0.3 is 5.32 Å². The van der Waals surface area contributed by atoms with Gasteiger partial charge in [-0.1, -0.05) is 5.16 Å². The fourth-order valence-electron chi connectivity index (χ4n) is 0.902. The molecule has 0 unspecified atom stereocenters. The monoisotopic (exact) mass is 182 g/mol. The Hall–Kier alpha value is -1.59. The van der Waals surface area contributed by atoms with Crippen LogP contribution >= 0.6 is 0 Å². The Bertz CT molecular complexity index is 318. The Balaban J connectivity index is 1.89. The van der Waals surface area contributed by atoms with Gasteiger partial charge in [0.25, 0.3) is 0 Å². The first-order chi connectivity index (χ1) is 6.25. The van der Waals surface area contributed by atoms with E-state index >= 15 is 0 Å². The van der Waals surface area contributed by atoms with Crippen LogP contribution in [0.2, 0.25) is 0 Å². The van der Waals surface area contributed by atoms with Gasteiger partial charge in [-0.05, 0) is 24.9 Å². The molecule has 0 aromatic carbocycles. The molecule has 1 aliphatic rings. The van der Waals surface area contributed by atoms with E-state index in [1.54, 1.807) is 6.92 Å². The zero-order chi connectivity index (χ0) is 9.26. The summed E-state index contributed by atoms with van der Waals surface area (Å²) in [5.41, 5.74) is 0.575. The van der Waals surface area contributed by atoms with Crippen LogP contribution in [0, 0.1) is 6.92 Å². The number of hydrogen-bond acceptors (Lipinski definition) is 4. The number of amides is 2. The highest BCUT2D eigenvalue weighted by molar-refractivity contribution is 5.88. The molecular weight excluding hydrogens is 172 g/mol. The van der Waals surface area contributed by atoms with Crippen molar-refractivity contribution in [2.75, 3.05) is 5.32 Å². The summed E-state index contributed by atoms with van der Waals surface area (Å²) >= 11 is 0. The molecule has 1 heterocycles. The van der Waals surface area contributed by atoms with E-state index in [1.807, 2.05) is 0 Å². The number of carbonyl (C=O) groups excluding carboxylic acids is 1. The maximum Gasteiger partial charge on any atom is 0.320 e. The molecule has 0 bridgehead atoms. The molecule has 6 heteroatoms. The van der Waals surface area contributed by atoms with Gasteiger partial charge in [0.15, 0.2) is 0 Å². The molecule has 13 heavy (non-hydrogen) atoms. The number of nitrogens with one attached hydrogen (secondary N) is 2. The van der Waals surface area contributed by atoms with Crippen molar-refractivity contribution in [1.82, 2.24) is 15.6 Å². The zero-order valence-corrected chi connectivity index (χ0v) is 7.20. The minimum Gasteiger partial charge on any atom is -0.335 e. The quantitative estimate of drug-likeness (QED) is 0.704. The number of anilines is 1. The fourth-order valence-corrected chi connectivity index (χ4v) is 0.902. The zero-order valence-electron chi connectivity index (χ0n) is 7.20. The van der Waals surface area contributed by atoms with Gasteiger partial charge in [-0.2, -0.15) is 0 Å². The van der Waals surface area contributed by atoms with Crippen LogP contribution in [-0.4, -0.2) is 22.4 Å². The van der Waals surface area contributed by atoms with Crippen LogP contribution in [0.15, 0.2) is 4.63 Å². The SMILES string of the molecule is Cc1nonc1NC(=O)NC1CC1. The van der Waals surface area contributed by atoms with E-state index in [-0.39, 0.29) is 6.03 Å². The Morgan fingerprint density at radius 1 is 1.54 bits per heavy atom. The first kappa shape index (κ1) is 8.03. The summed E-state index contributed by atoms with van der Waals surface area (Å²) in [6.45, 7) is 1.71. The van der Waals surface area contributed by atoms with Gasteiger partial charge in [0.1, 0.15) is 5.69 Å². The van der Waals surface area contributed by atoms with Gasteiger partial charge in [-0.3, -0.25) is 5.32 Å². The lowest BCUT2D eigenvalue weighted by Crippen LogP contribution is -2.30. The second-order valence-electron chi connectivity index (χ2n) is 3.07. The Morgan fingerprint density at radius 3 is 2.85 bits per heavy atom. The smallest absolute Gasteiger partial charge is 0.320 e. The molecule has 70 valence electrons. The number of urea groups is 1. The highest BCUT2D eigenvalue weighted by Crippen LogP contribution is 2.18. The van der Waals surface area contributed by atoms with Gasteiger partial charge in [0.2, 0.25) is 5.82 Å². The van der Waals surface area contributed by atoms with Gasteiger partial charge >= 0.3 is 6.03 Å². The molecule has 1 fully saturated rings. The highest BCUT2D eigenvalue weighted by Gasteiger charge is 2.23. The number of aromatic nitrogens is 2. The van der Waals surface area contributed by atoms with Crippen molar-refractivity contribution < 1.29 is 9.42 Å². The predicted molar refractivity (Wildman–Crippen MR) is 44.2 cm³/mol. The van der Waals surface area contributed by atoms with Gasteiger partial charge in [-0.15, -0.1) is 0 Å². The van der Waals surface area contributed by atoms with E-state index in [9.17, 15) is 4.79 Å². The molecule has 2 amide bonds. The highest BCUT2D eigenvalue weighted by atomic mass is 16.6. The molecule has 1 saturated carbocycles. The van der Waals surface area contributed by atoms with E-state index in [0.717, 1.165) is 12.8 Å². The summed E-state index contributed by atoms with van der Waals surface area (Å²) in [4.78, 5) is 11.2. The second kappa shape index (κ2) is 3.04. The third-order valence-electron chi connectivity index (χ3n) is 1.80. The summed E-state index contributed by atoms with van der Waals surface area (Å²) in [6, 6.07) is 0.0847. The normalized spacial score (nSPS) is 15.5. The van der Waals surface area contributed by atoms with Crippen LogP contribution in [0.3, 0.4) is 0 Å². The Morgan fingerprint density at radius 2 is 2.31 bits per heavy atom. The molecule has 0 atom stereocenters. The number of rotatable bonds is 2. The van der Waals surface area contributed by atoms with E-state index < -0.39 is 0 Å². The summed E-state index contributed by atoms with van der Waals surface area (Å²) in [7, 11) is 0. The van der Waals surface area contributed by atoms with E-state index in [1.165, 1.54) is 0 Å². The lowest BCUT2D eigenvalue weighted by atomic mass is 10.5. The van der Waals surface area contributed by atoms with Crippen molar-refractivity contribution in [2.45, 2.75) is 25.8 Å². The Kier molecular flexibility index (Phi) is 1.88. The third-order valence-corrected chi connectivity index (χ3v) is 1.80. The molecule has 2 N–H and O–H groups in total. The van der Waals surface area contributed by atoms with Gasteiger partial charge in [0.05, 0.1) is 0 Å². The predicted octanol–water partition coefficient (Wildman–Crippen LogP) is 0.662. The molecule has 0 saturated heterocycles. The summed E-state index contributed by atoms with van der Waals surface area (Å²) in [5, 5.41) is 12.4. The van der Waals surface area contributed by atoms with Crippen LogP contribution in [0.5, 0.6) is 0 Å². The Labute approximate surface area is 74.6 Å². The summed E-state index contributed by atoms with van der Waals surface area (Å²) in [6.07, 6.45) is 2.12. The molecule has 6 nitrogen and oxygen atoms in total. The minimum atomic E-state index is -0.249. The van der Waals surface area contributed by atoms with Crippen LogP contribution in [-0.2, 0) is 0 Å².